The molecule has 0 aliphatic carbocycles. The first-order valence-electron chi connectivity index (χ1n) is 21.1. The minimum atomic E-state index is -0.883. The van der Waals surface area contributed by atoms with Crippen LogP contribution in [0.3, 0.4) is 0 Å². The molecule has 1 saturated heterocycles. The van der Waals surface area contributed by atoms with Crippen molar-refractivity contribution < 1.29 is 33.4 Å². The third kappa shape index (κ3) is 9.09. The molecule has 62 heavy (non-hydrogen) atoms. The molecule has 7 rings (SSSR count). The van der Waals surface area contributed by atoms with Gasteiger partial charge in [-0.15, -0.1) is 0 Å². The van der Waals surface area contributed by atoms with Crippen LogP contribution in [-0.2, 0) is 32.2 Å². The van der Waals surface area contributed by atoms with Crippen LogP contribution in [0.4, 0.5) is 9.59 Å². The van der Waals surface area contributed by atoms with Crippen LogP contribution < -0.4 is 20.7 Å². The molecule has 0 radical (unpaired) electrons. The molecular formula is C48H55N7O7. The molecule has 2 unspecified atom stereocenters. The Labute approximate surface area is 361 Å². The quantitative estimate of drug-likeness (QED) is 0.0868. The largest absolute Gasteiger partial charge is 0.488 e. The molecule has 14 nitrogen and oxygen atoms in total. The van der Waals surface area contributed by atoms with Gasteiger partial charge in [0.15, 0.2) is 0 Å². The highest BCUT2D eigenvalue weighted by Crippen LogP contribution is 2.42. The van der Waals surface area contributed by atoms with Crippen LogP contribution >= 0.6 is 0 Å². The third-order valence-electron chi connectivity index (χ3n) is 11.6. The second kappa shape index (κ2) is 18.8. The average Bonchev–Trinajstić information content (AvgIpc) is 3.69. The number of benzene rings is 4. The number of nitrogens with zero attached hydrogens (tertiary/aromatic N) is 3. The molecule has 2 atom stereocenters. The number of alkyl carbamates (subject to hydrolysis) is 2. The number of nitrogens with one attached hydrogen (secondary N) is 4. The lowest BCUT2D eigenvalue weighted by atomic mass is 9.91. The van der Waals surface area contributed by atoms with Gasteiger partial charge >= 0.3 is 12.2 Å². The number of hydrogen-bond acceptors (Lipinski definition) is 9. The number of allylic oxidation sites excluding steroid dienone is 2. The Kier molecular flexibility index (Phi) is 13.1. The van der Waals surface area contributed by atoms with Crippen molar-refractivity contribution in [1.29, 1.82) is 0 Å². The number of hydrogen-bond donors (Lipinski definition) is 4. The van der Waals surface area contributed by atoms with Crippen molar-refractivity contribution >= 4 is 51.5 Å². The molecule has 14 heteroatoms. The summed E-state index contributed by atoms with van der Waals surface area (Å²) in [5.74, 6) is 1.18. The van der Waals surface area contributed by atoms with E-state index in [-0.39, 0.29) is 36.9 Å². The van der Waals surface area contributed by atoms with Gasteiger partial charge in [0.25, 0.3) is 0 Å². The second-order valence-electron chi connectivity index (χ2n) is 16.1. The summed E-state index contributed by atoms with van der Waals surface area (Å²) < 4.78 is 16.0. The summed E-state index contributed by atoms with van der Waals surface area (Å²) in [6.45, 7) is 11.8. The topological polar surface area (TPSA) is 167 Å². The lowest BCUT2D eigenvalue weighted by molar-refractivity contribution is -0.140. The molecule has 2 aliphatic heterocycles. The van der Waals surface area contributed by atoms with Crippen LogP contribution in [0.15, 0.2) is 90.1 Å². The standard InChI is InChI=1S/C48H55N7O7/c1-8-29(5)43(39-19-20-55(39)46(57)44(53-48(59)61-7)30-13-11-10-12-14-30)51-37(9-2)32-15-17-34-33(21-32)27-62-40-23-35-31(22-36(34)40)16-18-38-45(35)52-41(50-38)26-54(25-28(3)4)42(56)24-49-47(58)60-6/h9-18,21-23,28,39,44,51H,8,19-20,24-27H2,1-7H3,(H,49,58)(H,50,52)(H,53,59)/b37-9-,43-29+. The minimum Gasteiger partial charge on any atom is -0.488 e. The van der Waals surface area contributed by atoms with Gasteiger partial charge in [0.05, 0.1) is 37.8 Å². The minimum absolute atomic E-state index is 0.172. The highest BCUT2D eigenvalue weighted by atomic mass is 16.5. The lowest BCUT2D eigenvalue weighted by Crippen LogP contribution is -2.57. The van der Waals surface area contributed by atoms with Gasteiger partial charge in [-0.3, -0.25) is 9.59 Å². The summed E-state index contributed by atoms with van der Waals surface area (Å²) in [5.41, 5.74) is 9.45. The first-order valence-corrected chi connectivity index (χ1v) is 21.1. The highest BCUT2D eigenvalue weighted by Gasteiger charge is 2.40. The van der Waals surface area contributed by atoms with Crippen molar-refractivity contribution in [1.82, 2.24) is 35.7 Å². The molecule has 5 aromatic rings. The van der Waals surface area contributed by atoms with Crippen molar-refractivity contribution in [2.45, 2.75) is 72.7 Å². The van der Waals surface area contributed by atoms with Crippen molar-refractivity contribution in [3.05, 3.63) is 113 Å². The fourth-order valence-corrected chi connectivity index (χ4v) is 8.14. The first-order chi connectivity index (χ1) is 29.9. The van der Waals surface area contributed by atoms with Crippen molar-refractivity contribution in [2.75, 3.05) is 33.9 Å². The van der Waals surface area contributed by atoms with Crippen LogP contribution in [0.2, 0.25) is 0 Å². The zero-order valence-corrected chi connectivity index (χ0v) is 36.4. The number of ether oxygens (including phenoxy) is 3. The number of fused-ring (bicyclic) bond motifs is 6. The maximum Gasteiger partial charge on any atom is 0.407 e. The molecule has 0 bridgehead atoms. The molecule has 4 N–H and O–H groups in total. The van der Waals surface area contributed by atoms with Crippen LogP contribution in [0.5, 0.6) is 5.75 Å². The summed E-state index contributed by atoms with van der Waals surface area (Å²) in [7, 11) is 2.55. The summed E-state index contributed by atoms with van der Waals surface area (Å²) >= 11 is 0. The molecular weight excluding hydrogens is 787 g/mol. The number of rotatable bonds is 14. The zero-order valence-electron chi connectivity index (χ0n) is 36.4. The van der Waals surface area contributed by atoms with Crippen LogP contribution in [0.25, 0.3) is 38.6 Å². The van der Waals surface area contributed by atoms with E-state index in [1.807, 2.05) is 74.2 Å². The molecule has 3 heterocycles. The summed E-state index contributed by atoms with van der Waals surface area (Å²) in [5, 5.41) is 10.9. The fraction of sp³-hybridized carbons (Fsp3) is 0.354. The number of aromatic amines is 1. The molecule has 4 aromatic carbocycles. The number of likely N-dealkylation sites (tertiary alicyclic amines) is 1. The summed E-state index contributed by atoms with van der Waals surface area (Å²) in [6, 6.07) is 22.8. The van der Waals surface area contributed by atoms with Gasteiger partial charge in [0.2, 0.25) is 11.8 Å². The van der Waals surface area contributed by atoms with Crippen molar-refractivity contribution in [3.8, 4) is 16.9 Å². The Morgan fingerprint density at radius 2 is 1.77 bits per heavy atom. The van der Waals surface area contributed by atoms with Crippen molar-refractivity contribution in [2.24, 2.45) is 5.92 Å². The number of amides is 4. The van der Waals surface area contributed by atoms with Crippen molar-refractivity contribution in [3.63, 3.8) is 0 Å². The van der Waals surface area contributed by atoms with E-state index >= 15 is 0 Å². The summed E-state index contributed by atoms with van der Waals surface area (Å²) in [4.78, 5) is 63.1. The Balaban J connectivity index is 1.12. The van der Waals surface area contributed by atoms with E-state index < -0.39 is 18.2 Å². The van der Waals surface area contributed by atoms with Gasteiger partial charge in [-0.25, -0.2) is 14.6 Å². The van der Waals surface area contributed by atoms with E-state index in [0.29, 0.717) is 31.1 Å². The number of carbonyl (C=O) groups excluding carboxylic acids is 4. The monoisotopic (exact) mass is 841 g/mol. The van der Waals surface area contributed by atoms with E-state index in [2.05, 4.69) is 69.9 Å². The molecule has 324 valence electrons. The van der Waals surface area contributed by atoms with Gasteiger partial charge in [0, 0.05) is 35.4 Å². The highest BCUT2D eigenvalue weighted by molar-refractivity contribution is 6.07. The van der Waals surface area contributed by atoms with Gasteiger partial charge in [0.1, 0.15) is 30.8 Å². The molecule has 0 saturated carbocycles. The van der Waals surface area contributed by atoms with Crippen LogP contribution in [-0.4, -0.2) is 83.7 Å². The maximum absolute atomic E-state index is 14.1. The zero-order chi connectivity index (χ0) is 44.1. The van der Waals surface area contributed by atoms with E-state index in [0.717, 1.165) is 79.6 Å². The molecule has 0 spiro atoms. The van der Waals surface area contributed by atoms with Gasteiger partial charge < -0.3 is 44.9 Å². The number of imidazole rings is 1. The second-order valence-corrected chi connectivity index (χ2v) is 16.1. The van der Waals surface area contributed by atoms with Gasteiger partial charge in [-0.1, -0.05) is 81.0 Å². The normalized spacial score (nSPS) is 15.4. The van der Waals surface area contributed by atoms with E-state index in [1.54, 1.807) is 4.90 Å². The molecule has 1 fully saturated rings. The Bertz CT molecular complexity index is 2560. The summed E-state index contributed by atoms with van der Waals surface area (Å²) in [6.07, 6.45) is 2.30. The molecule has 2 aliphatic rings. The smallest absolute Gasteiger partial charge is 0.407 e. The van der Waals surface area contributed by atoms with Gasteiger partial charge in [-0.05, 0) is 84.5 Å². The van der Waals surface area contributed by atoms with E-state index in [1.165, 1.54) is 14.2 Å². The SMILES string of the molecule is C/C=C(\N/C(=C(\C)CC)C1CCN1C(=O)C(NC(=O)OC)c1ccccc1)c1ccc2c(c1)COc1cc3c(ccc4[nH]c(CN(CC(C)C)C(=O)CNC(=O)OC)nc43)cc1-2. The number of carbonyl (C=O) groups is 4. The van der Waals surface area contributed by atoms with Gasteiger partial charge in [-0.2, -0.15) is 0 Å². The number of aromatic nitrogens is 2. The maximum atomic E-state index is 14.1. The molecule has 4 amide bonds. The Hall–Kier alpha value is -6.83. The fourth-order valence-electron chi connectivity index (χ4n) is 8.14. The van der Waals surface area contributed by atoms with E-state index in [4.69, 9.17) is 14.5 Å². The number of methoxy groups -OCH3 is 2. The third-order valence-corrected chi connectivity index (χ3v) is 11.6. The number of H-pyrrole nitrogens is 1. The van der Waals surface area contributed by atoms with Crippen LogP contribution in [0, 0.1) is 5.92 Å². The first kappa shape index (κ1) is 43.3. The predicted molar refractivity (Wildman–Crippen MR) is 239 cm³/mol. The van der Waals surface area contributed by atoms with E-state index in [9.17, 15) is 19.2 Å². The Morgan fingerprint density at radius 1 is 1.00 bits per heavy atom. The lowest BCUT2D eigenvalue weighted by Gasteiger charge is -2.45. The Morgan fingerprint density at radius 3 is 2.45 bits per heavy atom. The average molecular weight is 842 g/mol. The molecule has 1 aromatic heterocycles. The predicted octanol–water partition coefficient (Wildman–Crippen LogP) is 7.95. The van der Waals surface area contributed by atoms with Crippen LogP contribution in [0.1, 0.15) is 76.0 Å².